The summed E-state index contributed by atoms with van der Waals surface area (Å²) in [4.78, 5) is 14.7. The van der Waals surface area contributed by atoms with Crippen LogP contribution in [0.25, 0.3) is 0 Å². The van der Waals surface area contributed by atoms with Crippen molar-refractivity contribution in [1.29, 1.82) is 0 Å². The standard InChI is InChI=1S/C18H29N3O2/c1-13(21-9-8-16(19)18(2,3)12-21)17(22)20-11-14-6-5-7-15(10-14)23-4/h5-7,10,13,16H,8-9,11-12,19H2,1-4H3,(H,20,22). The van der Waals surface area contributed by atoms with Gasteiger partial charge in [-0.25, -0.2) is 0 Å². The van der Waals surface area contributed by atoms with E-state index in [1.165, 1.54) is 0 Å². The predicted molar refractivity (Wildman–Crippen MR) is 92.2 cm³/mol. The van der Waals surface area contributed by atoms with Crippen molar-refractivity contribution < 1.29 is 9.53 Å². The van der Waals surface area contributed by atoms with Crippen molar-refractivity contribution in [2.75, 3.05) is 20.2 Å². The van der Waals surface area contributed by atoms with Crippen molar-refractivity contribution in [3.05, 3.63) is 29.8 Å². The van der Waals surface area contributed by atoms with Gasteiger partial charge in [0, 0.05) is 25.7 Å². The largest absolute Gasteiger partial charge is 0.497 e. The summed E-state index contributed by atoms with van der Waals surface area (Å²) in [7, 11) is 1.64. The van der Waals surface area contributed by atoms with Gasteiger partial charge < -0.3 is 15.8 Å². The summed E-state index contributed by atoms with van der Waals surface area (Å²) in [5, 5.41) is 3.02. The number of likely N-dealkylation sites (tertiary alicyclic amines) is 1. The SMILES string of the molecule is COc1cccc(CNC(=O)C(C)N2CCC(N)C(C)(C)C2)c1. The fourth-order valence-corrected chi connectivity index (χ4v) is 3.03. The van der Waals surface area contributed by atoms with E-state index < -0.39 is 0 Å². The molecule has 2 unspecified atom stereocenters. The first kappa shape index (κ1) is 17.8. The van der Waals surface area contributed by atoms with Crippen LogP contribution in [0.1, 0.15) is 32.8 Å². The maximum absolute atomic E-state index is 12.4. The summed E-state index contributed by atoms with van der Waals surface area (Å²) < 4.78 is 5.20. The molecule has 2 atom stereocenters. The van der Waals surface area contributed by atoms with E-state index in [4.69, 9.17) is 10.5 Å². The van der Waals surface area contributed by atoms with E-state index in [1.54, 1.807) is 7.11 Å². The van der Waals surface area contributed by atoms with Gasteiger partial charge in [0.15, 0.2) is 0 Å². The smallest absolute Gasteiger partial charge is 0.237 e. The Kier molecular flexibility index (Phi) is 5.65. The molecule has 1 heterocycles. The van der Waals surface area contributed by atoms with Crippen molar-refractivity contribution in [2.24, 2.45) is 11.1 Å². The van der Waals surface area contributed by atoms with Gasteiger partial charge in [-0.2, -0.15) is 0 Å². The molecule has 0 aromatic heterocycles. The van der Waals surface area contributed by atoms with E-state index in [2.05, 4.69) is 24.1 Å². The predicted octanol–water partition coefficient (Wildman–Crippen LogP) is 1.76. The summed E-state index contributed by atoms with van der Waals surface area (Å²) >= 11 is 0. The fourth-order valence-electron chi connectivity index (χ4n) is 3.03. The van der Waals surface area contributed by atoms with Crippen LogP contribution in [0, 0.1) is 5.41 Å². The monoisotopic (exact) mass is 319 g/mol. The summed E-state index contributed by atoms with van der Waals surface area (Å²) in [6.07, 6.45) is 0.931. The Balaban J connectivity index is 1.90. The molecule has 128 valence electrons. The van der Waals surface area contributed by atoms with E-state index in [-0.39, 0.29) is 23.4 Å². The van der Waals surface area contributed by atoms with Gasteiger partial charge >= 0.3 is 0 Å². The third-order valence-electron chi connectivity index (χ3n) is 4.87. The summed E-state index contributed by atoms with van der Waals surface area (Å²) in [5.74, 6) is 0.857. The molecule has 0 aliphatic carbocycles. The summed E-state index contributed by atoms with van der Waals surface area (Å²) in [6, 6.07) is 7.80. The number of hydrogen-bond acceptors (Lipinski definition) is 4. The molecule has 5 nitrogen and oxygen atoms in total. The van der Waals surface area contributed by atoms with Gasteiger partial charge in [0.1, 0.15) is 5.75 Å². The topological polar surface area (TPSA) is 67.6 Å². The average Bonchev–Trinajstić information content (AvgIpc) is 2.54. The highest BCUT2D eigenvalue weighted by atomic mass is 16.5. The highest BCUT2D eigenvalue weighted by Crippen LogP contribution is 2.28. The maximum Gasteiger partial charge on any atom is 0.237 e. The number of methoxy groups -OCH3 is 1. The van der Waals surface area contributed by atoms with Crippen molar-refractivity contribution in [3.8, 4) is 5.75 Å². The van der Waals surface area contributed by atoms with E-state index in [9.17, 15) is 4.79 Å². The first-order chi connectivity index (χ1) is 10.8. The number of rotatable bonds is 5. The van der Waals surface area contributed by atoms with Crippen molar-refractivity contribution in [3.63, 3.8) is 0 Å². The Bertz CT molecular complexity index is 545. The minimum Gasteiger partial charge on any atom is -0.497 e. The third-order valence-corrected chi connectivity index (χ3v) is 4.87. The zero-order valence-electron chi connectivity index (χ0n) is 14.6. The van der Waals surface area contributed by atoms with Crippen LogP contribution >= 0.6 is 0 Å². The molecule has 3 N–H and O–H groups in total. The van der Waals surface area contributed by atoms with Crippen LogP contribution in [-0.2, 0) is 11.3 Å². The van der Waals surface area contributed by atoms with Crippen molar-refractivity contribution >= 4 is 5.91 Å². The van der Waals surface area contributed by atoms with E-state index in [0.717, 1.165) is 30.8 Å². The van der Waals surface area contributed by atoms with Gasteiger partial charge in [-0.3, -0.25) is 9.69 Å². The molecule has 0 radical (unpaired) electrons. The van der Waals surface area contributed by atoms with Crippen LogP contribution in [0.4, 0.5) is 0 Å². The fraction of sp³-hybridized carbons (Fsp3) is 0.611. The number of amides is 1. The van der Waals surface area contributed by atoms with Crippen LogP contribution in [0.5, 0.6) is 5.75 Å². The lowest BCUT2D eigenvalue weighted by molar-refractivity contribution is -0.127. The zero-order valence-corrected chi connectivity index (χ0v) is 14.6. The third kappa shape index (κ3) is 4.45. The Morgan fingerprint density at radius 2 is 2.26 bits per heavy atom. The van der Waals surface area contributed by atoms with Gasteiger partial charge in [-0.05, 0) is 36.5 Å². The van der Waals surface area contributed by atoms with Gasteiger partial charge in [0.05, 0.1) is 13.2 Å². The second kappa shape index (κ2) is 7.32. The van der Waals surface area contributed by atoms with Gasteiger partial charge in [0.25, 0.3) is 0 Å². The molecular formula is C18H29N3O2. The number of carbonyl (C=O) groups is 1. The first-order valence-corrected chi connectivity index (χ1v) is 8.24. The van der Waals surface area contributed by atoms with Gasteiger partial charge in [-0.1, -0.05) is 26.0 Å². The van der Waals surface area contributed by atoms with E-state index >= 15 is 0 Å². The number of carbonyl (C=O) groups excluding carboxylic acids is 1. The van der Waals surface area contributed by atoms with Crippen LogP contribution in [0.15, 0.2) is 24.3 Å². The molecule has 1 fully saturated rings. The number of benzene rings is 1. The van der Waals surface area contributed by atoms with Crippen LogP contribution in [-0.4, -0.2) is 43.1 Å². The average molecular weight is 319 g/mol. The molecule has 1 amide bonds. The number of piperidine rings is 1. The molecule has 0 bridgehead atoms. The highest BCUT2D eigenvalue weighted by molar-refractivity contribution is 5.81. The molecular weight excluding hydrogens is 290 g/mol. The molecule has 0 saturated carbocycles. The van der Waals surface area contributed by atoms with E-state index in [1.807, 2.05) is 31.2 Å². The molecule has 1 aromatic carbocycles. The number of nitrogens with zero attached hydrogens (tertiary/aromatic N) is 1. The number of nitrogens with two attached hydrogens (primary N) is 1. The Morgan fingerprint density at radius 1 is 1.52 bits per heavy atom. The first-order valence-electron chi connectivity index (χ1n) is 8.24. The Morgan fingerprint density at radius 3 is 2.91 bits per heavy atom. The molecule has 1 aliphatic heterocycles. The number of nitrogens with one attached hydrogen (secondary N) is 1. The van der Waals surface area contributed by atoms with Crippen LogP contribution in [0.3, 0.4) is 0 Å². The quantitative estimate of drug-likeness (QED) is 0.868. The lowest BCUT2D eigenvalue weighted by Gasteiger charge is -2.44. The molecule has 1 saturated heterocycles. The maximum atomic E-state index is 12.4. The molecule has 2 rings (SSSR count). The lowest BCUT2D eigenvalue weighted by atomic mass is 9.79. The molecule has 1 aromatic rings. The van der Waals surface area contributed by atoms with E-state index in [0.29, 0.717) is 6.54 Å². The number of ether oxygens (including phenoxy) is 1. The lowest BCUT2D eigenvalue weighted by Crippen LogP contribution is -2.57. The molecule has 1 aliphatic rings. The van der Waals surface area contributed by atoms with Crippen molar-refractivity contribution in [1.82, 2.24) is 10.2 Å². The summed E-state index contributed by atoms with van der Waals surface area (Å²) in [5.41, 5.74) is 7.25. The Hall–Kier alpha value is -1.59. The molecule has 23 heavy (non-hydrogen) atoms. The zero-order chi connectivity index (χ0) is 17.0. The van der Waals surface area contributed by atoms with Gasteiger partial charge in [0.2, 0.25) is 5.91 Å². The minimum atomic E-state index is -0.146. The molecule has 5 heteroatoms. The Labute approximate surface area is 139 Å². The second-order valence-corrected chi connectivity index (χ2v) is 7.10. The normalized spacial score (nSPS) is 22.4. The highest BCUT2D eigenvalue weighted by Gasteiger charge is 2.36. The summed E-state index contributed by atoms with van der Waals surface area (Å²) in [6.45, 7) is 8.54. The second-order valence-electron chi connectivity index (χ2n) is 7.10. The minimum absolute atomic E-state index is 0.0413. The number of hydrogen-bond donors (Lipinski definition) is 2. The van der Waals surface area contributed by atoms with Crippen molar-refractivity contribution in [2.45, 2.75) is 45.8 Å². The van der Waals surface area contributed by atoms with Crippen LogP contribution < -0.4 is 15.8 Å². The molecule has 0 spiro atoms. The van der Waals surface area contributed by atoms with Gasteiger partial charge in [-0.15, -0.1) is 0 Å². The van der Waals surface area contributed by atoms with Crippen LogP contribution in [0.2, 0.25) is 0 Å².